The maximum absolute atomic E-state index is 14.7. The van der Waals surface area contributed by atoms with E-state index in [9.17, 15) is 13.2 Å². The molecule has 2 nitrogen and oxygen atoms in total. The van der Waals surface area contributed by atoms with Gasteiger partial charge in [-0.15, -0.1) is 0 Å². The molecule has 1 unspecified atom stereocenters. The summed E-state index contributed by atoms with van der Waals surface area (Å²) >= 11 is 0. The number of halogens is 3. The van der Waals surface area contributed by atoms with Crippen LogP contribution in [-0.2, 0) is 11.3 Å². The Morgan fingerprint density at radius 2 is 1.47 bits per heavy atom. The predicted octanol–water partition coefficient (Wildman–Crippen LogP) is 7.73. The molecule has 34 heavy (non-hydrogen) atoms. The minimum atomic E-state index is -1.04. The minimum Gasteiger partial charge on any atom is -0.486 e. The Morgan fingerprint density at radius 3 is 2.12 bits per heavy atom. The third-order valence-electron chi connectivity index (χ3n) is 5.86. The van der Waals surface area contributed by atoms with Crippen LogP contribution in [0.2, 0.25) is 0 Å². The first-order chi connectivity index (χ1) is 16.5. The molecule has 0 spiro atoms. The highest BCUT2D eigenvalue weighted by Gasteiger charge is 2.25. The summed E-state index contributed by atoms with van der Waals surface area (Å²) in [5.74, 6) is -2.48. The highest BCUT2D eigenvalue weighted by atomic mass is 19.2. The standard InChI is InChI=1S/C29H21F3O2/c1-2-18-3-7-21(8-4-18)24-13-14-26(29(32)28(24)31)33-16-19-5-9-20(10-6-19)23-12-11-22(15-25(23)30)27-17-34-27/h2-15,27H,1,16-17H2. The van der Waals surface area contributed by atoms with Gasteiger partial charge in [-0.1, -0.05) is 73.3 Å². The average molecular weight is 458 g/mol. The van der Waals surface area contributed by atoms with E-state index in [-0.39, 0.29) is 29.8 Å². The number of ether oxygens (including phenoxy) is 2. The summed E-state index contributed by atoms with van der Waals surface area (Å²) < 4.78 is 54.6. The van der Waals surface area contributed by atoms with E-state index in [0.717, 1.165) is 16.7 Å². The highest BCUT2D eigenvalue weighted by molar-refractivity contribution is 5.67. The van der Waals surface area contributed by atoms with E-state index in [0.29, 0.717) is 23.3 Å². The zero-order valence-electron chi connectivity index (χ0n) is 18.2. The molecule has 5 heteroatoms. The van der Waals surface area contributed by atoms with Gasteiger partial charge in [-0.2, -0.15) is 4.39 Å². The zero-order chi connectivity index (χ0) is 23.7. The smallest absolute Gasteiger partial charge is 0.201 e. The molecule has 0 bridgehead atoms. The first kappa shape index (κ1) is 22.0. The lowest BCUT2D eigenvalue weighted by atomic mass is 10.0. The van der Waals surface area contributed by atoms with Crippen molar-refractivity contribution in [3.05, 3.63) is 120 Å². The van der Waals surface area contributed by atoms with Crippen molar-refractivity contribution in [2.75, 3.05) is 6.61 Å². The van der Waals surface area contributed by atoms with Crippen LogP contribution in [-0.4, -0.2) is 6.61 Å². The van der Waals surface area contributed by atoms with E-state index in [2.05, 4.69) is 6.58 Å². The van der Waals surface area contributed by atoms with Gasteiger partial charge in [0.2, 0.25) is 5.82 Å². The van der Waals surface area contributed by atoms with Crippen molar-refractivity contribution in [1.29, 1.82) is 0 Å². The van der Waals surface area contributed by atoms with Gasteiger partial charge in [0.1, 0.15) is 18.5 Å². The van der Waals surface area contributed by atoms with E-state index in [1.807, 2.05) is 6.07 Å². The minimum absolute atomic E-state index is 0.000168. The van der Waals surface area contributed by atoms with Crippen molar-refractivity contribution in [3.8, 4) is 28.0 Å². The van der Waals surface area contributed by atoms with Crippen LogP contribution in [0.4, 0.5) is 13.2 Å². The SMILES string of the molecule is C=Cc1ccc(-c2ccc(OCc3ccc(-c4ccc(C5CO5)cc4F)cc3)c(F)c2F)cc1. The van der Waals surface area contributed by atoms with Crippen molar-refractivity contribution in [2.45, 2.75) is 12.7 Å². The second-order valence-corrected chi connectivity index (χ2v) is 8.11. The summed E-state index contributed by atoms with van der Waals surface area (Å²) in [5.41, 5.74) is 4.40. The van der Waals surface area contributed by atoms with E-state index >= 15 is 0 Å². The molecule has 1 aliphatic heterocycles. The molecule has 1 aliphatic rings. The Hall–Kier alpha value is -3.83. The summed E-state index contributed by atoms with van der Waals surface area (Å²) in [5, 5.41) is 0. The second kappa shape index (κ2) is 9.20. The molecular formula is C29H21F3O2. The van der Waals surface area contributed by atoms with Gasteiger partial charge >= 0.3 is 0 Å². The lowest BCUT2D eigenvalue weighted by molar-refractivity contribution is 0.285. The van der Waals surface area contributed by atoms with Crippen LogP contribution in [0.15, 0.2) is 85.4 Å². The maximum Gasteiger partial charge on any atom is 0.201 e. The van der Waals surface area contributed by atoms with E-state index in [1.54, 1.807) is 60.7 Å². The van der Waals surface area contributed by atoms with Crippen LogP contribution in [0.3, 0.4) is 0 Å². The zero-order valence-corrected chi connectivity index (χ0v) is 18.2. The first-order valence-corrected chi connectivity index (χ1v) is 10.9. The van der Waals surface area contributed by atoms with E-state index < -0.39 is 11.6 Å². The molecular weight excluding hydrogens is 437 g/mol. The fraction of sp³-hybridized carbons (Fsp3) is 0.103. The fourth-order valence-corrected chi connectivity index (χ4v) is 3.81. The van der Waals surface area contributed by atoms with Crippen LogP contribution in [0.5, 0.6) is 5.75 Å². The number of rotatable bonds is 7. The molecule has 1 fully saturated rings. The lowest BCUT2D eigenvalue weighted by Crippen LogP contribution is -2.00. The third-order valence-corrected chi connectivity index (χ3v) is 5.86. The molecule has 0 saturated carbocycles. The Morgan fingerprint density at radius 1 is 0.824 bits per heavy atom. The Balaban J connectivity index is 1.28. The van der Waals surface area contributed by atoms with Gasteiger partial charge in [0.15, 0.2) is 11.6 Å². The topological polar surface area (TPSA) is 21.8 Å². The van der Waals surface area contributed by atoms with Gasteiger partial charge in [0.05, 0.1) is 6.61 Å². The molecule has 170 valence electrons. The van der Waals surface area contributed by atoms with Crippen molar-refractivity contribution < 1.29 is 22.6 Å². The number of hydrogen-bond acceptors (Lipinski definition) is 2. The normalized spacial score (nSPS) is 14.6. The number of epoxide rings is 1. The Kier molecular flexibility index (Phi) is 5.95. The van der Waals surface area contributed by atoms with Crippen molar-refractivity contribution >= 4 is 6.08 Å². The van der Waals surface area contributed by atoms with E-state index in [4.69, 9.17) is 9.47 Å². The largest absolute Gasteiger partial charge is 0.486 e. The molecule has 0 aromatic heterocycles. The summed E-state index contributed by atoms with van der Waals surface area (Å²) in [6, 6.07) is 22.1. The van der Waals surface area contributed by atoms with Crippen LogP contribution < -0.4 is 4.74 Å². The number of benzene rings is 4. The third kappa shape index (κ3) is 4.47. The van der Waals surface area contributed by atoms with Crippen LogP contribution in [0.1, 0.15) is 22.8 Å². The highest BCUT2D eigenvalue weighted by Crippen LogP contribution is 2.33. The molecule has 1 heterocycles. The van der Waals surface area contributed by atoms with Crippen LogP contribution in [0, 0.1) is 17.5 Å². The van der Waals surface area contributed by atoms with Gasteiger partial charge < -0.3 is 9.47 Å². The second-order valence-electron chi connectivity index (χ2n) is 8.11. The van der Waals surface area contributed by atoms with Gasteiger partial charge in [-0.05, 0) is 46.0 Å². The monoisotopic (exact) mass is 458 g/mol. The molecule has 0 N–H and O–H groups in total. The summed E-state index contributed by atoms with van der Waals surface area (Å²) in [4.78, 5) is 0. The molecule has 0 amide bonds. The van der Waals surface area contributed by atoms with Crippen molar-refractivity contribution in [1.82, 2.24) is 0 Å². The predicted molar refractivity (Wildman–Crippen MR) is 127 cm³/mol. The van der Waals surface area contributed by atoms with Crippen molar-refractivity contribution in [2.24, 2.45) is 0 Å². The van der Waals surface area contributed by atoms with Gasteiger partial charge in [0, 0.05) is 11.1 Å². The molecule has 4 aromatic carbocycles. The van der Waals surface area contributed by atoms with Gasteiger partial charge in [-0.25, -0.2) is 8.78 Å². The van der Waals surface area contributed by atoms with E-state index in [1.165, 1.54) is 18.2 Å². The van der Waals surface area contributed by atoms with Gasteiger partial charge in [-0.3, -0.25) is 0 Å². The Labute approximate surface area is 195 Å². The molecule has 1 atom stereocenters. The van der Waals surface area contributed by atoms with Crippen LogP contribution in [0.25, 0.3) is 28.3 Å². The quantitative estimate of drug-likeness (QED) is 0.264. The van der Waals surface area contributed by atoms with Crippen molar-refractivity contribution in [3.63, 3.8) is 0 Å². The maximum atomic E-state index is 14.7. The Bertz CT molecular complexity index is 1340. The molecule has 4 aromatic rings. The fourth-order valence-electron chi connectivity index (χ4n) is 3.81. The summed E-state index contributed by atoms with van der Waals surface area (Å²) in [6.45, 7) is 4.36. The van der Waals surface area contributed by atoms with Gasteiger partial charge in [0.25, 0.3) is 0 Å². The number of hydrogen-bond donors (Lipinski definition) is 0. The molecule has 0 aliphatic carbocycles. The first-order valence-electron chi connectivity index (χ1n) is 10.9. The lowest BCUT2D eigenvalue weighted by Gasteiger charge is -2.11. The molecule has 0 radical (unpaired) electrons. The summed E-state index contributed by atoms with van der Waals surface area (Å²) in [6.07, 6.45) is 1.68. The summed E-state index contributed by atoms with van der Waals surface area (Å²) in [7, 11) is 0. The molecule has 1 saturated heterocycles. The average Bonchev–Trinajstić information content (AvgIpc) is 3.71. The van der Waals surface area contributed by atoms with Crippen LogP contribution >= 0.6 is 0 Å². The molecule has 5 rings (SSSR count).